The molecule has 6 N–H and O–H groups in total. The highest BCUT2D eigenvalue weighted by atomic mass is 16.7. The lowest BCUT2D eigenvalue weighted by Crippen LogP contribution is -2.49. The van der Waals surface area contributed by atoms with Crippen LogP contribution in [0.15, 0.2) is 35.3 Å². The maximum atomic E-state index is 12.9. The van der Waals surface area contributed by atoms with Crippen LogP contribution >= 0.6 is 0 Å². The zero-order valence-electron chi connectivity index (χ0n) is 20.6. The number of carbonyl (C=O) groups is 2. The summed E-state index contributed by atoms with van der Waals surface area (Å²) in [5.74, 6) is -2.21. The largest absolute Gasteiger partial charge is 0.475 e. The maximum Gasteiger partial charge on any atom is 0.475 e. The van der Waals surface area contributed by atoms with Crippen LogP contribution in [0.5, 0.6) is 0 Å². The summed E-state index contributed by atoms with van der Waals surface area (Å²) in [6, 6.07) is 10.00. The van der Waals surface area contributed by atoms with Crippen molar-refractivity contribution in [2.75, 3.05) is 6.54 Å². The number of rotatable bonds is 17. The number of hydrogen-bond acceptors (Lipinski definition) is 7. The van der Waals surface area contributed by atoms with Gasteiger partial charge in [0, 0.05) is 25.3 Å². The molecule has 0 aromatic heterocycles. The van der Waals surface area contributed by atoms with Gasteiger partial charge in [-0.2, -0.15) is 0 Å². The molecule has 1 aromatic carbocycles. The molecule has 11 nitrogen and oxygen atoms in total. The van der Waals surface area contributed by atoms with E-state index in [4.69, 9.17) is 5.73 Å². The van der Waals surface area contributed by atoms with E-state index in [0.29, 0.717) is 32.1 Å². The molecule has 0 aliphatic heterocycles. The van der Waals surface area contributed by atoms with Gasteiger partial charge in [0.2, 0.25) is 5.91 Å². The first kappa shape index (κ1) is 30.0. The third-order valence-electron chi connectivity index (χ3n) is 5.47. The third kappa shape index (κ3) is 14.1. The molecule has 0 radical (unpaired) electrons. The second kappa shape index (κ2) is 16.6. The van der Waals surface area contributed by atoms with Gasteiger partial charge >= 0.3 is 7.12 Å². The van der Waals surface area contributed by atoms with Gasteiger partial charge in [0.25, 0.3) is 5.96 Å². The molecule has 2 atom stereocenters. The number of benzene rings is 1. The molecule has 0 heterocycles. The Bertz CT molecular complexity index is 822. The fourth-order valence-electron chi connectivity index (χ4n) is 3.73. The molecule has 35 heavy (non-hydrogen) atoms. The standard InChI is InChI=1S/C23H38BN5O6/c1-17(2)15-21(24(32)33)27-22(31)19(12-8-14-26-23(25)28-29(34)35)16-20(30)13-7-6-11-18-9-4-3-5-10-18/h3-5,9-10,17,19,21,32-33H,6-8,11-16H2,1-2H3,(H,27,31)(H3,25,26,28)/t19-,21+/m1/s1. The van der Waals surface area contributed by atoms with E-state index in [0.717, 1.165) is 12.8 Å². The number of aliphatic imine (C=N–C) groups is 1. The van der Waals surface area contributed by atoms with Crippen molar-refractivity contribution in [2.24, 2.45) is 22.6 Å². The first-order valence-electron chi connectivity index (χ1n) is 12.0. The second-order valence-electron chi connectivity index (χ2n) is 9.07. The highest BCUT2D eigenvalue weighted by molar-refractivity contribution is 6.43. The van der Waals surface area contributed by atoms with Gasteiger partial charge in [-0.3, -0.25) is 9.59 Å². The number of guanidine groups is 1. The van der Waals surface area contributed by atoms with Crippen molar-refractivity contribution in [1.82, 2.24) is 10.7 Å². The predicted octanol–water partition coefficient (Wildman–Crippen LogP) is 1.39. The molecule has 0 saturated heterocycles. The Kier molecular flexibility index (Phi) is 14.3. The van der Waals surface area contributed by atoms with E-state index >= 15 is 0 Å². The number of aryl methyl sites for hydroxylation is 1. The van der Waals surface area contributed by atoms with E-state index < -0.39 is 29.9 Å². The van der Waals surface area contributed by atoms with Crippen LogP contribution in [-0.4, -0.2) is 52.3 Å². The van der Waals surface area contributed by atoms with Crippen molar-refractivity contribution in [1.29, 1.82) is 0 Å². The molecular weight excluding hydrogens is 453 g/mol. The number of amides is 1. The zero-order valence-corrected chi connectivity index (χ0v) is 20.6. The van der Waals surface area contributed by atoms with Gasteiger partial charge in [-0.05, 0) is 50.0 Å². The minimum Gasteiger partial charge on any atom is -0.426 e. The van der Waals surface area contributed by atoms with Crippen molar-refractivity contribution in [2.45, 2.75) is 71.2 Å². The Morgan fingerprint density at radius 1 is 1.17 bits per heavy atom. The van der Waals surface area contributed by atoms with Crippen molar-refractivity contribution in [3.05, 3.63) is 46.0 Å². The van der Waals surface area contributed by atoms with Crippen LogP contribution in [0, 0.1) is 22.0 Å². The topological polar surface area (TPSA) is 180 Å². The van der Waals surface area contributed by atoms with Gasteiger partial charge < -0.3 is 21.1 Å². The number of nitrogens with two attached hydrogens (primary N) is 1. The molecule has 1 rings (SSSR count). The predicted molar refractivity (Wildman–Crippen MR) is 135 cm³/mol. The average Bonchev–Trinajstić information content (AvgIpc) is 2.78. The number of nitro groups is 1. The Balaban J connectivity index is 2.66. The Morgan fingerprint density at radius 2 is 1.86 bits per heavy atom. The van der Waals surface area contributed by atoms with Crippen molar-refractivity contribution in [3.63, 3.8) is 0 Å². The SMILES string of the molecule is CC(C)C[C@H](NC(=O)[C@H](CCCN=C(N)N[N+](=O)[O-])CC(=O)CCCCc1ccccc1)B(O)O. The number of Topliss-reactive ketones (excluding diaryl/α,β-unsaturated/α-hetero) is 1. The number of carbonyl (C=O) groups excluding carboxylic acids is 2. The summed E-state index contributed by atoms with van der Waals surface area (Å²) in [6.45, 7) is 3.94. The molecule has 0 fully saturated rings. The fraction of sp³-hybridized carbons (Fsp3) is 0.609. The molecule has 1 amide bonds. The summed E-state index contributed by atoms with van der Waals surface area (Å²) in [6.07, 6.45) is 3.87. The van der Waals surface area contributed by atoms with E-state index in [9.17, 15) is 29.8 Å². The summed E-state index contributed by atoms with van der Waals surface area (Å²) >= 11 is 0. The summed E-state index contributed by atoms with van der Waals surface area (Å²) < 4.78 is 0. The minimum absolute atomic E-state index is 0.0272. The van der Waals surface area contributed by atoms with Crippen LogP contribution in [0.3, 0.4) is 0 Å². The Hall–Kier alpha value is -2.99. The average molecular weight is 491 g/mol. The highest BCUT2D eigenvalue weighted by Gasteiger charge is 2.29. The molecule has 0 bridgehead atoms. The summed E-state index contributed by atoms with van der Waals surface area (Å²) in [5.41, 5.74) is 8.35. The second-order valence-corrected chi connectivity index (χ2v) is 9.07. The van der Waals surface area contributed by atoms with Gasteiger partial charge in [0.15, 0.2) is 5.03 Å². The normalized spacial score (nSPS) is 13.2. The summed E-state index contributed by atoms with van der Waals surface area (Å²) in [4.78, 5) is 39.8. The molecule has 0 aliphatic carbocycles. The number of hydrogen-bond donors (Lipinski definition) is 5. The van der Waals surface area contributed by atoms with Crippen LogP contribution in [0.1, 0.15) is 64.4 Å². The van der Waals surface area contributed by atoms with Gasteiger partial charge in [0.1, 0.15) is 5.78 Å². The number of ketones is 1. The number of nitrogens with zero attached hydrogens (tertiary/aromatic N) is 2. The Labute approximate surface area is 206 Å². The summed E-state index contributed by atoms with van der Waals surface area (Å²) in [5, 5.41) is 31.5. The van der Waals surface area contributed by atoms with Gasteiger partial charge in [-0.25, -0.2) is 15.1 Å². The van der Waals surface area contributed by atoms with Crippen LogP contribution in [-0.2, 0) is 16.0 Å². The monoisotopic (exact) mass is 491 g/mol. The smallest absolute Gasteiger partial charge is 0.426 e. The number of nitrogens with one attached hydrogen (secondary N) is 2. The van der Waals surface area contributed by atoms with Crippen molar-refractivity contribution in [3.8, 4) is 0 Å². The van der Waals surface area contributed by atoms with E-state index in [-0.39, 0.29) is 30.6 Å². The first-order valence-corrected chi connectivity index (χ1v) is 12.0. The molecule has 0 unspecified atom stereocenters. The van der Waals surface area contributed by atoms with E-state index in [1.165, 1.54) is 5.56 Å². The zero-order chi connectivity index (χ0) is 26.2. The van der Waals surface area contributed by atoms with Crippen LogP contribution in [0.2, 0.25) is 0 Å². The highest BCUT2D eigenvalue weighted by Crippen LogP contribution is 2.17. The Morgan fingerprint density at radius 3 is 2.46 bits per heavy atom. The van der Waals surface area contributed by atoms with Crippen LogP contribution in [0.25, 0.3) is 0 Å². The first-order chi connectivity index (χ1) is 16.6. The number of unbranched alkanes of at least 4 members (excludes halogenated alkanes) is 1. The van der Waals surface area contributed by atoms with Gasteiger partial charge in [-0.1, -0.05) is 49.6 Å². The van der Waals surface area contributed by atoms with E-state index in [2.05, 4.69) is 10.3 Å². The lowest BCUT2D eigenvalue weighted by atomic mass is 9.74. The summed E-state index contributed by atoms with van der Waals surface area (Å²) in [7, 11) is -1.71. The molecule has 0 aliphatic rings. The quantitative estimate of drug-likeness (QED) is 0.0541. The fourth-order valence-corrected chi connectivity index (χ4v) is 3.73. The van der Waals surface area contributed by atoms with Gasteiger partial charge in [-0.15, -0.1) is 0 Å². The van der Waals surface area contributed by atoms with Crippen LogP contribution in [0.4, 0.5) is 0 Å². The van der Waals surface area contributed by atoms with Crippen molar-refractivity contribution >= 4 is 24.8 Å². The third-order valence-corrected chi connectivity index (χ3v) is 5.47. The molecule has 0 saturated carbocycles. The minimum atomic E-state index is -1.71. The molecular formula is C23H38BN5O6. The van der Waals surface area contributed by atoms with E-state index in [1.807, 2.05) is 44.2 Å². The molecule has 0 spiro atoms. The van der Waals surface area contributed by atoms with E-state index in [1.54, 1.807) is 5.43 Å². The molecule has 12 heteroatoms. The molecule has 194 valence electrons. The van der Waals surface area contributed by atoms with Crippen molar-refractivity contribution < 1.29 is 24.7 Å². The number of hydrazine groups is 1. The van der Waals surface area contributed by atoms with Gasteiger partial charge in [0.05, 0.1) is 5.94 Å². The van der Waals surface area contributed by atoms with Crippen LogP contribution < -0.4 is 16.5 Å². The lowest BCUT2D eigenvalue weighted by molar-refractivity contribution is -0.525. The molecule has 1 aromatic rings. The lowest BCUT2D eigenvalue weighted by Gasteiger charge is -2.23. The maximum absolute atomic E-state index is 12.9.